The van der Waals surface area contributed by atoms with Crippen molar-refractivity contribution in [3.63, 3.8) is 0 Å². The molecule has 68 valence electrons. The molecule has 0 spiro atoms. The van der Waals surface area contributed by atoms with Crippen LogP contribution in [0, 0.1) is 12.3 Å². The average molecular weight is 206 g/mol. The molecule has 0 N–H and O–H groups in total. The quantitative estimate of drug-likeness (QED) is 0.469. The lowest BCUT2D eigenvalue weighted by Gasteiger charge is -2.07. The normalized spacial score (nSPS) is 11.0. The van der Waals surface area contributed by atoms with Crippen LogP contribution in [0.3, 0.4) is 0 Å². The van der Waals surface area contributed by atoms with E-state index < -0.39 is 11.7 Å². The van der Waals surface area contributed by atoms with Crippen molar-refractivity contribution in [3.05, 3.63) is 28.5 Å². The predicted molar refractivity (Wildman–Crippen MR) is 42.2 cm³/mol. The maximum absolute atomic E-state index is 12.2. The van der Waals surface area contributed by atoms with E-state index in [2.05, 4.69) is 4.98 Å². The van der Waals surface area contributed by atoms with Gasteiger partial charge in [-0.15, -0.1) is 6.42 Å². The fraction of sp³-hybridized carbons (Fsp3) is 0.125. The van der Waals surface area contributed by atoms with Gasteiger partial charge in [-0.25, -0.2) is 4.98 Å². The van der Waals surface area contributed by atoms with E-state index in [-0.39, 0.29) is 10.7 Å². The van der Waals surface area contributed by atoms with E-state index in [1.165, 1.54) is 0 Å². The molecule has 0 saturated heterocycles. The Hall–Kier alpha value is -1.21. The molecule has 0 atom stereocenters. The van der Waals surface area contributed by atoms with Gasteiger partial charge in [0.15, 0.2) is 0 Å². The van der Waals surface area contributed by atoms with Crippen LogP contribution in [-0.2, 0) is 6.18 Å². The number of rotatable bonds is 0. The zero-order chi connectivity index (χ0) is 10.1. The summed E-state index contributed by atoms with van der Waals surface area (Å²) >= 11 is 5.37. The molecule has 0 fully saturated rings. The second-order valence-electron chi connectivity index (χ2n) is 2.19. The highest BCUT2D eigenvalue weighted by atomic mass is 35.5. The number of pyridine rings is 1. The number of alkyl halides is 3. The Morgan fingerprint density at radius 2 is 2.08 bits per heavy atom. The molecule has 0 aromatic carbocycles. The average Bonchev–Trinajstić information content (AvgIpc) is 2.01. The molecule has 1 nitrogen and oxygen atoms in total. The lowest BCUT2D eigenvalue weighted by molar-refractivity contribution is -0.138. The van der Waals surface area contributed by atoms with Gasteiger partial charge in [-0.3, -0.25) is 0 Å². The highest BCUT2D eigenvalue weighted by Gasteiger charge is 2.33. The van der Waals surface area contributed by atoms with Crippen molar-refractivity contribution < 1.29 is 13.2 Å². The van der Waals surface area contributed by atoms with Crippen LogP contribution in [0.2, 0.25) is 5.15 Å². The van der Waals surface area contributed by atoms with Crippen LogP contribution in [0.15, 0.2) is 12.3 Å². The van der Waals surface area contributed by atoms with Crippen LogP contribution < -0.4 is 0 Å². The molecule has 1 heterocycles. The minimum atomic E-state index is -4.49. The fourth-order valence-electron chi connectivity index (χ4n) is 0.775. The van der Waals surface area contributed by atoms with Crippen LogP contribution in [0.1, 0.15) is 11.1 Å². The first-order valence-corrected chi connectivity index (χ1v) is 3.52. The third kappa shape index (κ3) is 2.13. The lowest BCUT2D eigenvalue weighted by Crippen LogP contribution is -2.08. The maximum atomic E-state index is 12.2. The van der Waals surface area contributed by atoms with Crippen molar-refractivity contribution in [2.24, 2.45) is 0 Å². The van der Waals surface area contributed by atoms with Crippen LogP contribution >= 0.6 is 11.6 Å². The Morgan fingerprint density at radius 3 is 2.54 bits per heavy atom. The molecule has 0 aliphatic rings. The number of halogens is 4. The summed E-state index contributed by atoms with van der Waals surface area (Å²) in [5.74, 6) is 1.90. The number of hydrogen-bond donors (Lipinski definition) is 0. The molecular weight excluding hydrogens is 203 g/mol. The van der Waals surface area contributed by atoms with E-state index in [0.717, 1.165) is 6.07 Å². The summed E-state index contributed by atoms with van der Waals surface area (Å²) in [6.07, 6.45) is 1.02. The van der Waals surface area contributed by atoms with Gasteiger partial charge in [0.25, 0.3) is 0 Å². The van der Waals surface area contributed by atoms with Crippen molar-refractivity contribution in [2.75, 3.05) is 0 Å². The van der Waals surface area contributed by atoms with E-state index in [0.29, 0.717) is 6.20 Å². The Balaban J connectivity index is 3.32. The Bertz CT molecular complexity index is 365. The zero-order valence-electron chi connectivity index (χ0n) is 6.19. The SMILES string of the molecule is C#Cc1cc(Cl)ncc1C(F)(F)F. The summed E-state index contributed by atoms with van der Waals surface area (Å²) in [5.41, 5.74) is -1.24. The summed E-state index contributed by atoms with van der Waals surface area (Å²) in [4.78, 5) is 3.30. The first-order valence-electron chi connectivity index (χ1n) is 3.14. The van der Waals surface area contributed by atoms with Gasteiger partial charge in [0.1, 0.15) is 5.15 Å². The highest BCUT2D eigenvalue weighted by molar-refractivity contribution is 6.29. The third-order valence-electron chi connectivity index (χ3n) is 1.33. The molecule has 5 heteroatoms. The van der Waals surface area contributed by atoms with Crippen molar-refractivity contribution in [3.8, 4) is 12.3 Å². The number of aromatic nitrogens is 1. The fourth-order valence-corrected chi connectivity index (χ4v) is 0.933. The minimum Gasteiger partial charge on any atom is -0.244 e. The van der Waals surface area contributed by atoms with Gasteiger partial charge >= 0.3 is 6.18 Å². The summed E-state index contributed by atoms with van der Waals surface area (Å²) in [6.45, 7) is 0. The van der Waals surface area contributed by atoms with Crippen LogP contribution in [0.25, 0.3) is 0 Å². The van der Waals surface area contributed by atoms with Gasteiger partial charge in [0.2, 0.25) is 0 Å². The van der Waals surface area contributed by atoms with Gasteiger partial charge in [0, 0.05) is 11.8 Å². The van der Waals surface area contributed by atoms with Crippen molar-refractivity contribution in [2.45, 2.75) is 6.18 Å². The minimum absolute atomic E-state index is 0.0547. The van der Waals surface area contributed by atoms with Crippen LogP contribution in [0.4, 0.5) is 13.2 Å². The predicted octanol–water partition coefficient (Wildman–Crippen LogP) is 2.74. The van der Waals surface area contributed by atoms with Gasteiger partial charge in [-0.1, -0.05) is 17.5 Å². The van der Waals surface area contributed by atoms with Gasteiger partial charge < -0.3 is 0 Å². The molecule has 0 saturated carbocycles. The van der Waals surface area contributed by atoms with E-state index in [1.54, 1.807) is 0 Å². The summed E-state index contributed by atoms with van der Waals surface area (Å²) in [7, 11) is 0. The topological polar surface area (TPSA) is 12.9 Å². The van der Waals surface area contributed by atoms with Crippen molar-refractivity contribution in [1.29, 1.82) is 0 Å². The first-order chi connectivity index (χ1) is 5.95. The summed E-state index contributed by atoms with van der Waals surface area (Å²) in [6, 6.07) is 1.00. The molecule has 1 rings (SSSR count). The van der Waals surface area contributed by atoms with E-state index >= 15 is 0 Å². The Morgan fingerprint density at radius 1 is 1.46 bits per heavy atom. The molecular formula is C8H3ClF3N. The molecule has 0 bridgehead atoms. The molecule has 0 unspecified atom stereocenters. The molecule has 13 heavy (non-hydrogen) atoms. The standard InChI is InChI=1S/C8H3ClF3N/c1-2-5-3-7(9)13-4-6(5)8(10,11)12/h1,3-4H. The number of terminal acetylenes is 1. The smallest absolute Gasteiger partial charge is 0.244 e. The van der Waals surface area contributed by atoms with E-state index in [4.69, 9.17) is 18.0 Å². The van der Waals surface area contributed by atoms with Crippen molar-refractivity contribution >= 4 is 11.6 Å². The third-order valence-corrected chi connectivity index (χ3v) is 1.54. The molecule has 1 aromatic heterocycles. The Labute approximate surface area is 77.5 Å². The number of hydrogen-bond acceptors (Lipinski definition) is 1. The Kier molecular flexibility index (Phi) is 2.48. The molecule has 0 aliphatic heterocycles. The van der Waals surface area contributed by atoms with Crippen molar-refractivity contribution in [1.82, 2.24) is 4.98 Å². The molecule has 0 radical (unpaired) electrons. The largest absolute Gasteiger partial charge is 0.419 e. The van der Waals surface area contributed by atoms with Gasteiger partial charge in [-0.2, -0.15) is 13.2 Å². The maximum Gasteiger partial charge on any atom is 0.419 e. The molecule has 0 amide bonds. The zero-order valence-corrected chi connectivity index (χ0v) is 6.95. The molecule has 1 aromatic rings. The second-order valence-corrected chi connectivity index (χ2v) is 2.58. The van der Waals surface area contributed by atoms with Gasteiger partial charge in [0.05, 0.1) is 5.56 Å². The second kappa shape index (κ2) is 3.27. The van der Waals surface area contributed by atoms with E-state index in [9.17, 15) is 13.2 Å². The van der Waals surface area contributed by atoms with Crippen LogP contribution in [-0.4, -0.2) is 4.98 Å². The highest BCUT2D eigenvalue weighted by Crippen LogP contribution is 2.31. The lowest BCUT2D eigenvalue weighted by atomic mass is 10.1. The van der Waals surface area contributed by atoms with E-state index in [1.807, 2.05) is 5.92 Å². The first kappa shape index (κ1) is 9.87. The van der Waals surface area contributed by atoms with Gasteiger partial charge in [-0.05, 0) is 6.07 Å². The van der Waals surface area contributed by atoms with Crippen LogP contribution in [0.5, 0.6) is 0 Å². The summed E-state index contributed by atoms with van der Waals surface area (Å²) < 4.78 is 36.6. The monoisotopic (exact) mass is 205 g/mol. The summed E-state index contributed by atoms with van der Waals surface area (Å²) in [5, 5.41) is -0.0547. The molecule has 0 aliphatic carbocycles. The number of nitrogens with zero attached hydrogens (tertiary/aromatic N) is 1.